The largest absolute Gasteiger partial charge is 0.357 e. The number of aryl methyl sites for hydroxylation is 1. The van der Waals surface area contributed by atoms with Crippen molar-refractivity contribution in [2.45, 2.75) is 46.6 Å². The van der Waals surface area contributed by atoms with Crippen molar-refractivity contribution >= 4 is 5.78 Å². The summed E-state index contributed by atoms with van der Waals surface area (Å²) >= 11 is 0. The van der Waals surface area contributed by atoms with E-state index in [0.717, 1.165) is 24.9 Å². The van der Waals surface area contributed by atoms with Crippen LogP contribution in [0, 0.1) is 5.92 Å². The first kappa shape index (κ1) is 16.0. The van der Waals surface area contributed by atoms with Gasteiger partial charge in [-0.25, -0.2) is 0 Å². The van der Waals surface area contributed by atoms with Gasteiger partial charge in [0, 0.05) is 37.6 Å². The SMILES string of the molecule is CCC(CC)N(CC(=O)c1ccn(C)c1)CC(C)C. The van der Waals surface area contributed by atoms with E-state index >= 15 is 0 Å². The summed E-state index contributed by atoms with van der Waals surface area (Å²) in [5.41, 5.74) is 0.821. The Morgan fingerprint density at radius 1 is 1.32 bits per heavy atom. The van der Waals surface area contributed by atoms with Gasteiger partial charge < -0.3 is 4.57 Å². The molecule has 0 spiro atoms. The number of Topliss-reactive ketones (excluding diaryl/α,β-unsaturated/α-hetero) is 1. The van der Waals surface area contributed by atoms with Crippen LogP contribution in [0.15, 0.2) is 18.5 Å². The number of hydrogen-bond acceptors (Lipinski definition) is 2. The van der Waals surface area contributed by atoms with Gasteiger partial charge in [-0.05, 0) is 24.8 Å². The first-order chi connectivity index (χ1) is 8.97. The Morgan fingerprint density at radius 2 is 1.95 bits per heavy atom. The van der Waals surface area contributed by atoms with Crippen LogP contribution in [0.2, 0.25) is 0 Å². The van der Waals surface area contributed by atoms with Gasteiger partial charge in [0.05, 0.1) is 6.54 Å². The van der Waals surface area contributed by atoms with Crippen LogP contribution in [0.25, 0.3) is 0 Å². The summed E-state index contributed by atoms with van der Waals surface area (Å²) in [6.45, 7) is 10.4. The van der Waals surface area contributed by atoms with Crippen LogP contribution in [0.1, 0.15) is 50.9 Å². The second-order valence-corrected chi connectivity index (χ2v) is 5.78. The fraction of sp³-hybridized carbons (Fsp3) is 0.688. The molecule has 1 aromatic rings. The molecule has 0 atom stereocenters. The van der Waals surface area contributed by atoms with Gasteiger partial charge in [0.1, 0.15) is 0 Å². The van der Waals surface area contributed by atoms with E-state index in [2.05, 4.69) is 32.6 Å². The van der Waals surface area contributed by atoms with Crippen molar-refractivity contribution in [3.05, 3.63) is 24.0 Å². The summed E-state index contributed by atoms with van der Waals surface area (Å²) in [5, 5.41) is 0. The third kappa shape index (κ3) is 4.83. The zero-order chi connectivity index (χ0) is 14.4. The van der Waals surface area contributed by atoms with Crippen LogP contribution in [0.4, 0.5) is 0 Å². The van der Waals surface area contributed by atoms with Gasteiger partial charge in [-0.3, -0.25) is 9.69 Å². The van der Waals surface area contributed by atoms with Crippen molar-refractivity contribution in [1.82, 2.24) is 9.47 Å². The first-order valence-corrected chi connectivity index (χ1v) is 7.37. The van der Waals surface area contributed by atoms with Gasteiger partial charge in [-0.15, -0.1) is 0 Å². The lowest BCUT2D eigenvalue weighted by Crippen LogP contribution is -2.40. The van der Waals surface area contributed by atoms with E-state index in [4.69, 9.17) is 0 Å². The van der Waals surface area contributed by atoms with E-state index in [0.29, 0.717) is 18.5 Å². The molecule has 0 unspecified atom stereocenters. The lowest BCUT2D eigenvalue weighted by molar-refractivity contribution is 0.0866. The highest BCUT2D eigenvalue weighted by Gasteiger charge is 2.20. The van der Waals surface area contributed by atoms with Crippen molar-refractivity contribution in [3.63, 3.8) is 0 Å². The van der Waals surface area contributed by atoms with E-state index in [-0.39, 0.29) is 5.78 Å². The molecule has 0 aliphatic rings. The Kier molecular flexibility index (Phi) is 6.29. The predicted molar refractivity (Wildman–Crippen MR) is 80.5 cm³/mol. The van der Waals surface area contributed by atoms with Crippen LogP contribution in [0.3, 0.4) is 0 Å². The number of aromatic nitrogens is 1. The van der Waals surface area contributed by atoms with E-state index in [9.17, 15) is 4.79 Å². The first-order valence-electron chi connectivity index (χ1n) is 7.37. The highest BCUT2D eigenvalue weighted by atomic mass is 16.1. The Balaban J connectivity index is 2.73. The number of ketones is 1. The van der Waals surface area contributed by atoms with Gasteiger partial charge >= 0.3 is 0 Å². The highest BCUT2D eigenvalue weighted by Crippen LogP contribution is 2.13. The second kappa shape index (κ2) is 7.49. The van der Waals surface area contributed by atoms with Crippen LogP contribution < -0.4 is 0 Å². The van der Waals surface area contributed by atoms with Gasteiger partial charge in [0.25, 0.3) is 0 Å². The Hall–Kier alpha value is -1.09. The van der Waals surface area contributed by atoms with Crippen molar-refractivity contribution < 1.29 is 4.79 Å². The minimum atomic E-state index is 0.230. The molecule has 0 bridgehead atoms. The summed E-state index contributed by atoms with van der Waals surface area (Å²) in [6, 6.07) is 2.41. The fourth-order valence-corrected chi connectivity index (χ4v) is 2.56. The molecule has 1 aromatic heterocycles. The van der Waals surface area contributed by atoms with E-state index < -0.39 is 0 Å². The molecule has 0 saturated heterocycles. The lowest BCUT2D eigenvalue weighted by atomic mass is 10.1. The molecule has 108 valence electrons. The maximum absolute atomic E-state index is 12.3. The molecular weight excluding hydrogens is 236 g/mol. The number of carbonyl (C=O) groups is 1. The average molecular weight is 264 g/mol. The van der Waals surface area contributed by atoms with Crippen LogP contribution in [0.5, 0.6) is 0 Å². The van der Waals surface area contributed by atoms with Crippen molar-refractivity contribution in [1.29, 1.82) is 0 Å². The van der Waals surface area contributed by atoms with Gasteiger partial charge in [-0.2, -0.15) is 0 Å². The Bertz CT molecular complexity index is 391. The topological polar surface area (TPSA) is 25.2 Å². The summed E-state index contributed by atoms with van der Waals surface area (Å²) in [5.74, 6) is 0.817. The molecule has 3 heteroatoms. The minimum absolute atomic E-state index is 0.230. The molecule has 3 nitrogen and oxygen atoms in total. The van der Waals surface area contributed by atoms with E-state index in [1.807, 2.05) is 30.1 Å². The summed E-state index contributed by atoms with van der Waals surface area (Å²) < 4.78 is 1.93. The summed E-state index contributed by atoms with van der Waals surface area (Å²) in [4.78, 5) is 14.7. The van der Waals surface area contributed by atoms with Crippen molar-refractivity contribution in [3.8, 4) is 0 Å². The lowest BCUT2D eigenvalue weighted by Gasteiger charge is -2.31. The quantitative estimate of drug-likeness (QED) is 0.673. The van der Waals surface area contributed by atoms with Crippen molar-refractivity contribution in [2.75, 3.05) is 13.1 Å². The van der Waals surface area contributed by atoms with E-state index in [1.165, 1.54) is 0 Å². The molecule has 0 fully saturated rings. The molecular formula is C16H28N2O. The molecule has 0 aromatic carbocycles. The molecule has 0 aliphatic carbocycles. The van der Waals surface area contributed by atoms with Gasteiger partial charge in [0.15, 0.2) is 5.78 Å². The third-order valence-electron chi connectivity index (χ3n) is 3.56. The van der Waals surface area contributed by atoms with Gasteiger partial charge in [-0.1, -0.05) is 27.7 Å². The van der Waals surface area contributed by atoms with E-state index in [1.54, 1.807) is 0 Å². The third-order valence-corrected chi connectivity index (χ3v) is 3.56. The predicted octanol–water partition coefficient (Wildman–Crippen LogP) is 3.35. The number of hydrogen-bond donors (Lipinski definition) is 0. The van der Waals surface area contributed by atoms with Crippen LogP contribution >= 0.6 is 0 Å². The molecule has 19 heavy (non-hydrogen) atoms. The molecule has 0 saturated carbocycles. The second-order valence-electron chi connectivity index (χ2n) is 5.78. The van der Waals surface area contributed by atoms with Gasteiger partial charge in [0.2, 0.25) is 0 Å². The summed E-state index contributed by atoms with van der Waals surface area (Å²) in [6.07, 6.45) is 6.04. The highest BCUT2D eigenvalue weighted by molar-refractivity contribution is 5.97. The monoisotopic (exact) mass is 264 g/mol. The maximum Gasteiger partial charge on any atom is 0.178 e. The van der Waals surface area contributed by atoms with Crippen LogP contribution in [-0.2, 0) is 7.05 Å². The summed E-state index contributed by atoms with van der Waals surface area (Å²) in [7, 11) is 1.95. The molecule has 1 heterocycles. The number of nitrogens with zero attached hydrogens (tertiary/aromatic N) is 2. The molecule has 1 rings (SSSR count). The molecule has 0 aliphatic heterocycles. The Labute approximate surface area is 117 Å². The zero-order valence-corrected chi connectivity index (χ0v) is 13.0. The number of rotatable bonds is 8. The smallest absolute Gasteiger partial charge is 0.178 e. The minimum Gasteiger partial charge on any atom is -0.357 e. The fourth-order valence-electron chi connectivity index (χ4n) is 2.56. The van der Waals surface area contributed by atoms with Crippen molar-refractivity contribution in [2.24, 2.45) is 13.0 Å². The molecule has 0 amide bonds. The Morgan fingerprint density at radius 3 is 2.37 bits per heavy atom. The normalized spacial score (nSPS) is 11.8. The average Bonchev–Trinajstić information content (AvgIpc) is 2.76. The number of carbonyl (C=O) groups excluding carboxylic acids is 1. The standard InChI is InChI=1S/C16H28N2O/c1-6-15(7-2)18(10-13(3)4)12-16(19)14-8-9-17(5)11-14/h8-9,11,13,15H,6-7,10,12H2,1-5H3. The van der Waals surface area contributed by atoms with Crippen LogP contribution in [-0.4, -0.2) is 34.4 Å². The molecule has 0 radical (unpaired) electrons. The molecule has 0 N–H and O–H groups in total. The maximum atomic E-state index is 12.3. The zero-order valence-electron chi connectivity index (χ0n) is 13.0.